The van der Waals surface area contributed by atoms with Crippen LogP contribution >= 0.6 is 0 Å². The van der Waals surface area contributed by atoms with Crippen LogP contribution in [0.4, 0.5) is 0 Å². The number of amides is 2. The van der Waals surface area contributed by atoms with Gasteiger partial charge in [0.1, 0.15) is 11.4 Å². The molecule has 2 heterocycles. The molecule has 174 valence electrons. The van der Waals surface area contributed by atoms with E-state index in [1.807, 2.05) is 23.8 Å². The molecule has 2 N–H and O–H groups in total. The molecular formula is C23H29N7O3. The number of aryl methyl sites for hydroxylation is 1. The van der Waals surface area contributed by atoms with E-state index in [9.17, 15) is 9.59 Å². The molecule has 33 heavy (non-hydrogen) atoms. The van der Waals surface area contributed by atoms with Crippen LogP contribution in [0.1, 0.15) is 47.0 Å². The van der Waals surface area contributed by atoms with E-state index in [1.54, 1.807) is 36.9 Å². The van der Waals surface area contributed by atoms with Gasteiger partial charge in [-0.3, -0.25) is 9.59 Å². The molecule has 0 aliphatic heterocycles. The van der Waals surface area contributed by atoms with Gasteiger partial charge in [-0.25, -0.2) is 9.67 Å². The first-order valence-electron chi connectivity index (χ1n) is 10.9. The number of allylic oxidation sites excluding steroid dienone is 1. The average molecular weight is 452 g/mol. The predicted molar refractivity (Wildman–Crippen MR) is 123 cm³/mol. The molecule has 0 radical (unpaired) electrons. The van der Waals surface area contributed by atoms with Crippen molar-refractivity contribution in [2.75, 3.05) is 19.7 Å². The predicted octanol–water partition coefficient (Wildman–Crippen LogP) is 2.38. The van der Waals surface area contributed by atoms with Gasteiger partial charge in [-0.1, -0.05) is 11.3 Å². The van der Waals surface area contributed by atoms with Gasteiger partial charge < -0.3 is 19.9 Å². The Bertz CT molecular complexity index is 1060. The zero-order valence-electron chi connectivity index (χ0n) is 18.7. The molecule has 3 aromatic rings. The van der Waals surface area contributed by atoms with Gasteiger partial charge >= 0.3 is 0 Å². The van der Waals surface area contributed by atoms with Crippen molar-refractivity contribution in [2.45, 2.75) is 32.7 Å². The quantitative estimate of drug-likeness (QED) is 0.304. The van der Waals surface area contributed by atoms with Gasteiger partial charge in [0.25, 0.3) is 11.8 Å². The lowest BCUT2D eigenvalue weighted by Crippen LogP contribution is -2.25. The second-order valence-corrected chi connectivity index (χ2v) is 7.28. The molecule has 3 rings (SSSR count). The average Bonchev–Trinajstić information content (AvgIpc) is 3.52. The highest BCUT2D eigenvalue weighted by molar-refractivity contribution is 5.95. The summed E-state index contributed by atoms with van der Waals surface area (Å²) in [5.41, 5.74) is 1.27. The van der Waals surface area contributed by atoms with Crippen LogP contribution < -0.4 is 15.4 Å². The minimum absolute atomic E-state index is 0.186. The molecule has 0 aliphatic rings. The van der Waals surface area contributed by atoms with E-state index in [0.717, 1.165) is 25.8 Å². The second-order valence-electron chi connectivity index (χ2n) is 7.28. The Kier molecular flexibility index (Phi) is 8.75. The van der Waals surface area contributed by atoms with Crippen molar-refractivity contribution >= 4 is 11.8 Å². The molecule has 0 atom stereocenters. The van der Waals surface area contributed by atoms with Crippen molar-refractivity contribution in [3.63, 3.8) is 0 Å². The number of carbonyl (C=O) groups is 2. The summed E-state index contributed by atoms with van der Waals surface area (Å²) < 4.78 is 9.35. The van der Waals surface area contributed by atoms with Crippen LogP contribution in [0.15, 0.2) is 55.8 Å². The van der Waals surface area contributed by atoms with Gasteiger partial charge in [-0.05, 0) is 44.4 Å². The van der Waals surface area contributed by atoms with E-state index in [0.29, 0.717) is 36.7 Å². The largest absolute Gasteiger partial charge is 0.491 e. The Morgan fingerprint density at radius 3 is 2.85 bits per heavy atom. The van der Waals surface area contributed by atoms with Crippen LogP contribution in [-0.4, -0.2) is 56.1 Å². The summed E-state index contributed by atoms with van der Waals surface area (Å²) in [5.74, 6) is -0.00590. The number of hydrogen-bond acceptors (Lipinski definition) is 6. The van der Waals surface area contributed by atoms with Crippen LogP contribution in [-0.2, 0) is 6.54 Å². The van der Waals surface area contributed by atoms with E-state index in [-0.39, 0.29) is 17.5 Å². The second kappa shape index (κ2) is 12.2. The van der Waals surface area contributed by atoms with Crippen molar-refractivity contribution in [1.29, 1.82) is 0 Å². The van der Waals surface area contributed by atoms with Gasteiger partial charge in [0.15, 0.2) is 5.69 Å². The van der Waals surface area contributed by atoms with Gasteiger partial charge in [-0.15, -0.1) is 11.7 Å². The number of nitrogens with zero attached hydrogens (tertiary/aromatic N) is 5. The molecule has 0 bridgehead atoms. The maximum absolute atomic E-state index is 12.5. The first-order chi connectivity index (χ1) is 16.1. The third kappa shape index (κ3) is 6.76. The number of ether oxygens (including phenoxy) is 1. The Hall–Kier alpha value is -3.95. The summed E-state index contributed by atoms with van der Waals surface area (Å²) in [6.45, 7) is 7.82. The highest BCUT2D eigenvalue weighted by Crippen LogP contribution is 2.25. The summed E-state index contributed by atoms with van der Waals surface area (Å²) in [6, 6.07) is 5.09. The molecule has 2 aromatic heterocycles. The molecule has 2 amide bonds. The van der Waals surface area contributed by atoms with Gasteiger partial charge in [0.2, 0.25) is 0 Å². The van der Waals surface area contributed by atoms with Gasteiger partial charge in [0, 0.05) is 37.6 Å². The Labute approximate surface area is 192 Å². The van der Waals surface area contributed by atoms with Crippen molar-refractivity contribution in [1.82, 2.24) is 35.2 Å². The smallest absolute Gasteiger partial charge is 0.273 e. The highest BCUT2D eigenvalue weighted by atomic mass is 16.5. The van der Waals surface area contributed by atoms with Crippen LogP contribution in [0.5, 0.6) is 5.75 Å². The summed E-state index contributed by atoms with van der Waals surface area (Å²) in [7, 11) is 0. The SMILES string of the molecule is C=CCCCOc1cc(C(=O)NCC)ccc1-n1cc(C(=O)NCCCn2ccnc2)nn1. The van der Waals surface area contributed by atoms with Gasteiger partial charge in [0.05, 0.1) is 19.1 Å². The van der Waals surface area contributed by atoms with E-state index >= 15 is 0 Å². The van der Waals surface area contributed by atoms with Gasteiger partial charge in [-0.2, -0.15) is 0 Å². The summed E-state index contributed by atoms with van der Waals surface area (Å²) in [6.07, 6.45) is 11.1. The molecule has 0 saturated heterocycles. The minimum Gasteiger partial charge on any atom is -0.491 e. The molecule has 10 nitrogen and oxygen atoms in total. The number of nitrogens with one attached hydrogen (secondary N) is 2. The summed E-state index contributed by atoms with van der Waals surface area (Å²) in [5, 5.41) is 13.7. The van der Waals surface area contributed by atoms with E-state index in [4.69, 9.17) is 4.74 Å². The van der Waals surface area contributed by atoms with Crippen LogP contribution in [0, 0.1) is 0 Å². The van der Waals surface area contributed by atoms with Crippen LogP contribution in [0.3, 0.4) is 0 Å². The molecule has 10 heteroatoms. The third-order valence-electron chi connectivity index (χ3n) is 4.78. The number of benzene rings is 1. The first kappa shape index (κ1) is 23.7. The number of aromatic nitrogens is 5. The standard InChI is InChI=1S/C23H29N7O3/c1-3-5-6-14-33-21-15-18(22(31)25-4-2)8-9-20(21)30-16-19(27-28-30)23(32)26-10-7-12-29-13-11-24-17-29/h3,8-9,11,13,15-17H,1,4-7,10,12,14H2,2H3,(H,25,31)(H,26,32). The maximum Gasteiger partial charge on any atom is 0.273 e. The Balaban J connectivity index is 1.68. The molecule has 0 spiro atoms. The molecule has 0 saturated carbocycles. The topological polar surface area (TPSA) is 116 Å². The zero-order chi connectivity index (χ0) is 23.5. The monoisotopic (exact) mass is 451 g/mol. The Morgan fingerprint density at radius 1 is 1.21 bits per heavy atom. The van der Waals surface area contributed by atoms with E-state index < -0.39 is 0 Å². The highest BCUT2D eigenvalue weighted by Gasteiger charge is 2.16. The number of hydrogen-bond donors (Lipinski definition) is 2. The van der Waals surface area contributed by atoms with Crippen LogP contribution in [0.25, 0.3) is 5.69 Å². The van der Waals surface area contributed by atoms with E-state index in [2.05, 4.69) is 32.5 Å². The number of unbranched alkanes of at least 4 members (excludes halogenated alkanes) is 1. The lowest BCUT2D eigenvalue weighted by atomic mass is 10.1. The molecular weight excluding hydrogens is 422 g/mol. The maximum atomic E-state index is 12.5. The van der Waals surface area contributed by atoms with E-state index in [1.165, 1.54) is 4.68 Å². The number of imidazole rings is 1. The van der Waals surface area contributed by atoms with Crippen LogP contribution in [0.2, 0.25) is 0 Å². The number of carbonyl (C=O) groups excluding carboxylic acids is 2. The van der Waals surface area contributed by atoms with Crippen molar-refractivity contribution in [2.24, 2.45) is 0 Å². The fraction of sp³-hybridized carbons (Fsp3) is 0.348. The van der Waals surface area contributed by atoms with Crippen molar-refractivity contribution in [3.05, 3.63) is 67.0 Å². The third-order valence-corrected chi connectivity index (χ3v) is 4.78. The first-order valence-corrected chi connectivity index (χ1v) is 10.9. The van der Waals surface area contributed by atoms with Crippen molar-refractivity contribution < 1.29 is 14.3 Å². The molecule has 0 aliphatic carbocycles. The summed E-state index contributed by atoms with van der Waals surface area (Å²) >= 11 is 0. The number of rotatable bonds is 13. The summed E-state index contributed by atoms with van der Waals surface area (Å²) in [4.78, 5) is 28.7. The zero-order valence-corrected chi connectivity index (χ0v) is 18.7. The fourth-order valence-electron chi connectivity index (χ4n) is 3.09. The van der Waals surface area contributed by atoms with Crippen molar-refractivity contribution in [3.8, 4) is 11.4 Å². The normalized spacial score (nSPS) is 10.6. The fourth-order valence-corrected chi connectivity index (χ4v) is 3.09. The lowest BCUT2D eigenvalue weighted by molar-refractivity contribution is 0.0942. The Morgan fingerprint density at radius 2 is 2.09 bits per heavy atom. The molecule has 0 unspecified atom stereocenters. The molecule has 1 aromatic carbocycles. The lowest BCUT2D eigenvalue weighted by Gasteiger charge is -2.12. The molecule has 0 fully saturated rings. The minimum atomic E-state index is -0.306.